The van der Waals surface area contributed by atoms with Crippen molar-refractivity contribution in [1.29, 1.82) is 0 Å². The van der Waals surface area contributed by atoms with Crippen molar-refractivity contribution in [3.8, 4) is 16.9 Å². The molecule has 1 unspecified atom stereocenters. The van der Waals surface area contributed by atoms with Crippen molar-refractivity contribution < 1.29 is 9.31 Å². The van der Waals surface area contributed by atoms with E-state index in [0.29, 0.717) is 12.0 Å². The molecule has 3 aromatic rings. The summed E-state index contributed by atoms with van der Waals surface area (Å²) >= 11 is 0. The zero-order valence-corrected chi connectivity index (χ0v) is 20.3. The van der Waals surface area contributed by atoms with E-state index in [0.717, 1.165) is 18.8 Å². The van der Waals surface area contributed by atoms with Crippen molar-refractivity contribution in [2.45, 2.75) is 51.7 Å². The van der Waals surface area contributed by atoms with Gasteiger partial charge in [0.15, 0.2) is 5.54 Å². The van der Waals surface area contributed by atoms with Gasteiger partial charge in [-0.2, -0.15) is 0 Å². The number of unbranched alkanes of at least 4 members (excludes halogenated alkanes) is 1. The van der Waals surface area contributed by atoms with Gasteiger partial charge in [-0.3, -0.25) is 9.48 Å². The van der Waals surface area contributed by atoms with E-state index in [2.05, 4.69) is 109 Å². The van der Waals surface area contributed by atoms with E-state index in [1.807, 2.05) is 0 Å². The van der Waals surface area contributed by atoms with Gasteiger partial charge in [-0.25, -0.2) is 0 Å². The van der Waals surface area contributed by atoms with E-state index >= 15 is 0 Å². The third kappa shape index (κ3) is 3.37. The van der Waals surface area contributed by atoms with Gasteiger partial charge in [-0.1, -0.05) is 87.9 Å². The smallest absolute Gasteiger partial charge is 0.235 e. The molecule has 0 saturated carbocycles. The van der Waals surface area contributed by atoms with E-state index in [-0.39, 0.29) is 5.54 Å². The highest BCUT2D eigenvalue weighted by atomic mass is 16.5. The predicted molar refractivity (Wildman–Crippen MR) is 136 cm³/mol. The molecule has 3 nitrogen and oxygen atoms in total. The Morgan fingerprint density at radius 2 is 1.52 bits per heavy atom. The molecule has 1 aliphatic carbocycles. The molecule has 3 aromatic carbocycles. The van der Waals surface area contributed by atoms with E-state index < -0.39 is 0 Å². The Morgan fingerprint density at radius 1 is 0.909 bits per heavy atom. The van der Waals surface area contributed by atoms with Crippen LogP contribution in [0.3, 0.4) is 0 Å². The quantitative estimate of drug-likeness (QED) is 0.401. The van der Waals surface area contributed by atoms with E-state index in [1.54, 1.807) is 7.11 Å². The SMILES string of the molecule is CCCCN1C=[N+](Cc2ccc(OC)cc2)C(C(C)C)C12c1ccccc1-c1ccccc12. The monoisotopic (exact) mass is 439 g/mol. The summed E-state index contributed by atoms with van der Waals surface area (Å²) in [6.45, 7) is 9.00. The molecule has 0 aromatic heterocycles. The van der Waals surface area contributed by atoms with Gasteiger partial charge in [0.25, 0.3) is 0 Å². The minimum Gasteiger partial charge on any atom is -0.497 e. The zero-order valence-electron chi connectivity index (χ0n) is 20.3. The molecular formula is C30H35N2O+. The van der Waals surface area contributed by atoms with Crippen LogP contribution in [0.25, 0.3) is 11.1 Å². The molecule has 170 valence electrons. The lowest BCUT2D eigenvalue weighted by Crippen LogP contribution is -2.52. The van der Waals surface area contributed by atoms with Crippen LogP contribution >= 0.6 is 0 Å². The summed E-state index contributed by atoms with van der Waals surface area (Å²) in [7, 11) is 1.72. The van der Waals surface area contributed by atoms with Crippen molar-refractivity contribution in [2.75, 3.05) is 13.7 Å². The van der Waals surface area contributed by atoms with Crippen LogP contribution in [0.1, 0.15) is 50.3 Å². The number of ether oxygens (including phenoxy) is 1. The topological polar surface area (TPSA) is 15.5 Å². The first kappa shape index (κ1) is 21.8. The highest BCUT2D eigenvalue weighted by Gasteiger charge is 2.63. The Balaban J connectivity index is 1.67. The molecule has 0 radical (unpaired) electrons. The van der Waals surface area contributed by atoms with Gasteiger partial charge in [-0.05, 0) is 41.2 Å². The molecule has 1 atom stereocenters. The van der Waals surface area contributed by atoms with E-state index in [9.17, 15) is 0 Å². The molecule has 3 heteroatoms. The Bertz CT molecular complexity index is 1120. The number of hydrogen-bond acceptors (Lipinski definition) is 2. The first-order valence-electron chi connectivity index (χ1n) is 12.3. The van der Waals surface area contributed by atoms with Gasteiger partial charge in [0.1, 0.15) is 18.3 Å². The van der Waals surface area contributed by atoms with Crippen LogP contribution in [0, 0.1) is 5.92 Å². The van der Waals surface area contributed by atoms with Crippen LogP contribution in [0.5, 0.6) is 5.75 Å². The summed E-state index contributed by atoms with van der Waals surface area (Å²) in [4.78, 5) is 2.66. The van der Waals surface area contributed by atoms with Crippen molar-refractivity contribution in [3.05, 3.63) is 89.5 Å². The first-order valence-corrected chi connectivity index (χ1v) is 12.3. The van der Waals surface area contributed by atoms with Gasteiger partial charge < -0.3 is 4.74 Å². The first-order chi connectivity index (χ1) is 16.1. The fourth-order valence-electron chi connectivity index (χ4n) is 6.13. The molecule has 0 bridgehead atoms. The molecule has 0 fully saturated rings. The van der Waals surface area contributed by atoms with Crippen molar-refractivity contribution in [3.63, 3.8) is 0 Å². The summed E-state index contributed by atoms with van der Waals surface area (Å²) in [5, 5.41) is 0. The van der Waals surface area contributed by atoms with Crippen molar-refractivity contribution >= 4 is 6.34 Å². The highest BCUT2D eigenvalue weighted by Crippen LogP contribution is 2.55. The predicted octanol–water partition coefficient (Wildman–Crippen LogP) is 6.30. The van der Waals surface area contributed by atoms with Crippen LogP contribution in [0.2, 0.25) is 0 Å². The van der Waals surface area contributed by atoms with Crippen molar-refractivity contribution in [2.24, 2.45) is 5.92 Å². The van der Waals surface area contributed by atoms with Gasteiger partial charge >= 0.3 is 0 Å². The Hall–Kier alpha value is -3.07. The fourth-order valence-corrected chi connectivity index (χ4v) is 6.13. The summed E-state index contributed by atoms with van der Waals surface area (Å²) in [6.07, 6.45) is 4.81. The maximum atomic E-state index is 5.38. The number of rotatable bonds is 7. The van der Waals surface area contributed by atoms with Gasteiger partial charge in [0.05, 0.1) is 13.7 Å². The molecule has 1 heterocycles. The summed E-state index contributed by atoms with van der Waals surface area (Å²) < 4.78 is 7.98. The Kier molecular flexibility index (Phi) is 5.74. The maximum Gasteiger partial charge on any atom is 0.235 e. The molecular weight excluding hydrogens is 404 g/mol. The molecule has 0 saturated heterocycles. The van der Waals surface area contributed by atoms with Gasteiger partial charge in [0.2, 0.25) is 6.34 Å². The normalized spacial score (nSPS) is 17.9. The zero-order chi connectivity index (χ0) is 23.0. The Morgan fingerprint density at radius 3 is 2.06 bits per heavy atom. The maximum absolute atomic E-state index is 5.38. The van der Waals surface area contributed by atoms with E-state index in [1.165, 1.54) is 40.7 Å². The summed E-state index contributed by atoms with van der Waals surface area (Å²) in [5.74, 6) is 1.38. The van der Waals surface area contributed by atoms with Crippen LogP contribution in [0.15, 0.2) is 72.8 Å². The summed E-state index contributed by atoms with van der Waals surface area (Å²) in [6, 6.07) is 27.0. The minimum atomic E-state index is -0.164. The Labute approximate surface area is 198 Å². The molecule has 5 rings (SSSR count). The van der Waals surface area contributed by atoms with Crippen molar-refractivity contribution in [1.82, 2.24) is 4.90 Å². The largest absolute Gasteiger partial charge is 0.497 e. The number of methoxy groups -OCH3 is 1. The second kappa shape index (κ2) is 8.70. The van der Waals surface area contributed by atoms with Gasteiger partial charge in [0, 0.05) is 11.1 Å². The molecule has 2 aliphatic rings. The standard InChI is InChI=1S/C30H35N2O/c1-5-6-19-32-21-31(20-23-15-17-24(33-4)18-16-23)29(22(2)3)30(32)27-13-9-7-11-25(27)26-12-8-10-14-28(26)30/h7-18,21-22,29H,5-6,19-20H2,1-4H3/q+1. The lowest BCUT2D eigenvalue weighted by atomic mass is 9.75. The molecule has 0 amide bonds. The number of benzene rings is 3. The number of hydrogen-bond donors (Lipinski definition) is 0. The average Bonchev–Trinajstić information content (AvgIpc) is 3.32. The third-order valence-electron chi connectivity index (χ3n) is 7.40. The van der Waals surface area contributed by atoms with Crippen LogP contribution in [-0.4, -0.2) is 35.5 Å². The summed E-state index contributed by atoms with van der Waals surface area (Å²) in [5.41, 5.74) is 6.83. The molecule has 0 N–H and O–H groups in total. The average molecular weight is 440 g/mol. The fraction of sp³-hybridized carbons (Fsp3) is 0.367. The van der Waals surface area contributed by atoms with Crippen LogP contribution in [0.4, 0.5) is 0 Å². The van der Waals surface area contributed by atoms with Crippen LogP contribution < -0.4 is 4.74 Å². The lowest BCUT2D eigenvalue weighted by Gasteiger charge is -2.37. The van der Waals surface area contributed by atoms with Gasteiger partial charge in [-0.15, -0.1) is 0 Å². The number of fused-ring (bicyclic) bond motifs is 5. The second-order valence-corrected chi connectivity index (χ2v) is 9.73. The third-order valence-corrected chi connectivity index (χ3v) is 7.40. The molecule has 1 spiro atoms. The number of nitrogens with zero attached hydrogens (tertiary/aromatic N) is 2. The van der Waals surface area contributed by atoms with E-state index in [4.69, 9.17) is 4.74 Å². The minimum absolute atomic E-state index is 0.164. The molecule has 1 aliphatic heterocycles. The van der Waals surface area contributed by atoms with Crippen LogP contribution in [-0.2, 0) is 12.1 Å². The second-order valence-electron chi connectivity index (χ2n) is 9.73. The highest BCUT2D eigenvalue weighted by molar-refractivity contribution is 5.83. The molecule has 33 heavy (non-hydrogen) atoms. The lowest BCUT2D eigenvalue weighted by molar-refractivity contribution is -0.583.